The van der Waals surface area contributed by atoms with Crippen LogP contribution in [0.3, 0.4) is 0 Å². The van der Waals surface area contributed by atoms with Crippen molar-refractivity contribution in [2.24, 2.45) is 0 Å². The Morgan fingerprint density at radius 3 is 2.74 bits per heavy atom. The highest BCUT2D eigenvalue weighted by molar-refractivity contribution is 5.89. The minimum atomic E-state index is -0.380. The van der Waals surface area contributed by atoms with Gasteiger partial charge in [0.05, 0.1) is 0 Å². The molecule has 0 aliphatic heterocycles. The van der Waals surface area contributed by atoms with Crippen LogP contribution in [0.1, 0.15) is 5.56 Å². The molecule has 0 bridgehead atoms. The molecule has 4 nitrogen and oxygen atoms in total. The summed E-state index contributed by atoms with van der Waals surface area (Å²) in [5.41, 5.74) is 1.42. The quantitative estimate of drug-likeness (QED) is 0.921. The number of nitrogens with zero attached hydrogens (tertiary/aromatic N) is 2. The summed E-state index contributed by atoms with van der Waals surface area (Å²) < 4.78 is 13.0. The molecular weight excluding hydrogens is 245 g/mol. The predicted octanol–water partition coefficient (Wildman–Crippen LogP) is 2.88. The van der Waals surface area contributed by atoms with Gasteiger partial charge < -0.3 is 10.2 Å². The molecule has 1 N–H and O–H groups in total. The summed E-state index contributed by atoms with van der Waals surface area (Å²) in [6, 6.07) is 9.18. The van der Waals surface area contributed by atoms with Gasteiger partial charge >= 0.3 is 6.03 Å². The normalized spacial score (nSPS) is 10.0. The van der Waals surface area contributed by atoms with Crippen LogP contribution in [0.5, 0.6) is 0 Å². The molecule has 1 aromatic heterocycles. The molecule has 0 saturated carbocycles. The van der Waals surface area contributed by atoms with Crippen molar-refractivity contribution in [2.75, 3.05) is 12.4 Å². The zero-order valence-electron chi connectivity index (χ0n) is 10.5. The van der Waals surface area contributed by atoms with Gasteiger partial charge in [-0.1, -0.05) is 6.07 Å². The zero-order valence-corrected chi connectivity index (χ0v) is 10.5. The van der Waals surface area contributed by atoms with E-state index in [-0.39, 0.29) is 11.8 Å². The molecule has 0 atom stereocenters. The molecule has 0 saturated heterocycles. The molecule has 2 amide bonds. The van der Waals surface area contributed by atoms with E-state index in [4.69, 9.17) is 0 Å². The Hall–Kier alpha value is -2.43. The van der Waals surface area contributed by atoms with E-state index < -0.39 is 0 Å². The minimum absolute atomic E-state index is 0.289. The molecule has 0 aliphatic carbocycles. The number of nitrogens with one attached hydrogen (secondary N) is 1. The third kappa shape index (κ3) is 3.77. The van der Waals surface area contributed by atoms with Gasteiger partial charge in [-0.3, -0.25) is 4.98 Å². The number of carbonyl (C=O) groups is 1. The van der Waals surface area contributed by atoms with Crippen LogP contribution in [0.2, 0.25) is 0 Å². The van der Waals surface area contributed by atoms with E-state index in [1.54, 1.807) is 31.6 Å². The standard InChI is InChI=1S/C14H14FN3O/c1-18(10-11-5-7-16-8-6-11)14(19)17-13-4-2-3-12(15)9-13/h2-9H,10H2,1H3,(H,17,19). The lowest BCUT2D eigenvalue weighted by atomic mass is 10.2. The third-order valence-corrected chi connectivity index (χ3v) is 2.59. The van der Waals surface area contributed by atoms with Crippen molar-refractivity contribution in [3.05, 3.63) is 60.2 Å². The lowest BCUT2D eigenvalue weighted by molar-refractivity contribution is 0.220. The van der Waals surface area contributed by atoms with E-state index >= 15 is 0 Å². The number of urea groups is 1. The second-order valence-electron chi connectivity index (χ2n) is 4.15. The van der Waals surface area contributed by atoms with Gasteiger partial charge in [-0.05, 0) is 35.9 Å². The van der Waals surface area contributed by atoms with Gasteiger partial charge in [0.15, 0.2) is 0 Å². The first kappa shape index (κ1) is 13.0. The number of carbonyl (C=O) groups excluding carboxylic acids is 1. The lowest BCUT2D eigenvalue weighted by Gasteiger charge is -2.18. The molecule has 2 aromatic rings. The van der Waals surface area contributed by atoms with Crippen LogP contribution >= 0.6 is 0 Å². The fourth-order valence-corrected chi connectivity index (χ4v) is 1.62. The maximum absolute atomic E-state index is 13.0. The number of hydrogen-bond acceptors (Lipinski definition) is 2. The molecular formula is C14H14FN3O. The summed E-state index contributed by atoms with van der Waals surface area (Å²) in [6.07, 6.45) is 3.35. The zero-order chi connectivity index (χ0) is 13.7. The topological polar surface area (TPSA) is 45.2 Å². The molecule has 0 aliphatic rings. The number of rotatable bonds is 3. The summed E-state index contributed by atoms with van der Waals surface area (Å²) in [4.78, 5) is 17.3. The first-order valence-corrected chi connectivity index (χ1v) is 5.82. The van der Waals surface area contributed by atoms with Gasteiger partial charge in [0.2, 0.25) is 0 Å². The molecule has 1 aromatic carbocycles. The summed E-state index contributed by atoms with van der Waals surface area (Å²) in [5.74, 6) is -0.380. The number of benzene rings is 1. The van der Waals surface area contributed by atoms with Gasteiger partial charge in [0.1, 0.15) is 5.82 Å². The summed E-state index contributed by atoms with van der Waals surface area (Å²) in [6.45, 7) is 0.462. The maximum Gasteiger partial charge on any atom is 0.321 e. The highest BCUT2D eigenvalue weighted by Crippen LogP contribution is 2.10. The number of hydrogen-bond donors (Lipinski definition) is 1. The fraction of sp³-hybridized carbons (Fsp3) is 0.143. The number of pyridine rings is 1. The maximum atomic E-state index is 13.0. The lowest BCUT2D eigenvalue weighted by Crippen LogP contribution is -2.30. The van der Waals surface area contributed by atoms with Crippen LogP contribution in [0, 0.1) is 5.82 Å². The smallest absolute Gasteiger partial charge is 0.321 e. The van der Waals surface area contributed by atoms with Crippen LogP contribution < -0.4 is 5.32 Å². The number of aromatic nitrogens is 1. The van der Waals surface area contributed by atoms with Crippen molar-refractivity contribution in [3.63, 3.8) is 0 Å². The first-order chi connectivity index (χ1) is 9.15. The Bertz CT molecular complexity index is 560. The van der Waals surface area contributed by atoms with Crippen molar-refractivity contribution >= 4 is 11.7 Å². The molecule has 0 unspecified atom stereocenters. The van der Waals surface area contributed by atoms with E-state index in [0.717, 1.165) is 5.56 Å². The van der Waals surface area contributed by atoms with Gasteiger partial charge in [-0.2, -0.15) is 0 Å². The van der Waals surface area contributed by atoms with Crippen molar-refractivity contribution in [2.45, 2.75) is 6.54 Å². The Labute approximate surface area is 110 Å². The minimum Gasteiger partial charge on any atom is -0.323 e. The molecule has 1 heterocycles. The van der Waals surface area contributed by atoms with Gasteiger partial charge in [-0.15, -0.1) is 0 Å². The number of anilines is 1. The summed E-state index contributed by atoms with van der Waals surface area (Å²) in [5, 5.41) is 2.63. The molecule has 0 fully saturated rings. The second kappa shape index (κ2) is 5.95. The molecule has 0 spiro atoms. The summed E-state index contributed by atoms with van der Waals surface area (Å²) in [7, 11) is 1.68. The van der Waals surface area contributed by atoms with Gasteiger partial charge in [0.25, 0.3) is 0 Å². The second-order valence-corrected chi connectivity index (χ2v) is 4.15. The van der Waals surface area contributed by atoms with Crippen molar-refractivity contribution in [3.8, 4) is 0 Å². The molecule has 19 heavy (non-hydrogen) atoms. The Morgan fingerprint density at radius 1 is 1.32 bits per heavy atom. The molecule has 2 rings (SSSR count). The Balaban J connectivity index is 1.96. The van der Waals surface area contributed by atoms with E-state index in [1.165, 1.54) is 17.0 Å². The first-order valence-electron chi connectivity index (χ1n) is 5.82. The van der Waals surface area contributed by atoms with Crippen molar-refractivity contribution in [1.82, 2.24) is 9.88 Å². The van der Waals surface area contributed by atoms with Crippen LogP contribution in [0.15, 0.2) is 48.8 Å². The fourth-order valence-electron chi connectivity index (χ4n) is 1.62. The van der Waals surface area contributed by atoms with Gasteiger partial charge in [0, 0.05) is 31.7 Å². The highest BCUT2D eigenvalue weighted by atomic mass is 19.1. The van der Waals surface area contributed by atoms with Crippen LogP contribution in [-0.4, -0.2) is 23.0 Å². The average Bonchev–Trinajstić information content (AvgIpc) is 2.40. The molecule has 98 valence electrons. The predicted molar refractivity (Wildman–Crippen MR) is 71.1 cm³/mol. The van der Waals surface area contributed by atoms with E-state index in [1.807, 2.05) is 12.1 Å². The summed E-state index contributed by atoms with van der Waals surface area (Å²) >= 11 is 0. The van der Waals surface area contributed by atoms with E-state index in [9.17, 15) is 9.18 Å². The van der Waals surface area contributed by atoms with E-state index in [2.05, 4.69) is 10.3 Å². The molecule has 5 heteroatoms. The largest absolute Gasteiger partial charge is 0.323 e. The average molecular weight is 259 g/mol. The Morgan fingerprint density at radius 2 is 2.05 bits per heavy atom. The molecule has 0 radical (unpaired) electrons. The highest BCUT2D eigenvalue weighted by Gasteiger charge is 2.09. The monoisotopic (exact) mass is 259 g/mol. The van der Waals surface area contributed by atoms with Crippen molar-refractivity contribution < 1.29 is 9.18 Å². The van der Waals surface area contributed by atoms with Crippen LogP contribution in [0.25, 0.3) is 0 Å². The Kier molecular flexibility index (Phi) is 4.07. The van der Waals surface area contributed by atoms with Crippen molar-refractivity contribution in [1.29, 1.82) is 0 Å². The SMILES string of the molecule is CN(Cc1ccncc1)C(=O)Nc1cccc(F)c1. The van der Waals surface area contributed by atoms with E-state index in [0.29, 0.717) is 12.2 Å². The van der Waals surface area contributed by atoms with Gasteiger partial charge in [-0.25, -0.2) is 9.18 Å². The number of amides is 2. The third-order valence-electron chi connectivity index (χ3n) is 2.59. The number of halogens is 1. The van der Waals surface area contributed by atoms with Crippen LogP contribution in [-0.2, 0) is 6.54 Å². The van der Waals surface area contributed by atoms with Crippen LogP contribution in [0.4, 0.5) is 14.9 Å².